The molecule has 0 aliphatic rings. The average Bonchev–Trinajstić information content (AvgIpc) is 3.00. The summed E-state index contributed by atoms with van der Waals surface area (Å²) >= 11 is 6.00. The van der Waals surface area contributed by atoms with Crippen LogP contribution in [0.2, 0.25) is 5.02 Å². The highest BCUT2D eigenvalue weighted by Gasteiger charge is 2.14. The van der Waals surface area contributed by atoms with Gasteiger partial charge in [0.2, 0.25) is 5.89 Å². The molecule has 0 bridgehead atoms. The molecule has 2 aromatic carbocycles. The van der Waals surface area contributed by atoms with E-state index in [0.717, 1.165) is 16.7 Å². The molecule has 140 valence electrons. The van der Waals surface area contributed by atoms with Crippen molar-refractivity contribution in [3.63, 3.8) is 0 Å². The molecule has 0 saturated heterocycles. The number of benzene rings is 2. The Balaban J connectivity index is 1.58. The van der Waals surface area contributed by atoms with Gasteiger partial charge < -0.3 is 13.9 Å². The molecule has 6 heteroatoms. The van der Waals surface area contributed by atoms with Gasteiger partial charge in [0.25, 0.3) is 0 Å². The first-order valence-electron chi connectivity index (χ1n) is 8.51. The number of aromatic nitrogens is 1. The van der Waals surface area contributed by atoms with Gasteiger partial charge in [-0.1, -0.05) is 29.8 Å². The Kier molecular flexibility index (Phi) is 5.81. The van der Waals surface area contributed by atoms with Gasteiger partial charge >= 0.3 is 5.97 Å². The van der Waals surface area contributed by atoms with Crippen LogP contribution in [0.3, 0.4) is 0 Å². The number of nitrogens with zero attached hydrogens (tertiary/aromatic N) is 1. The van der Waals surface area contributed by atoms with E-state index in [2.05, 4.69) is 4.98 Å². The molecular formula is C21H20ClNO4. The summed E-state index contributed by atoms with van der Waals surface area (Å²) < 4.78 is 16.5. The highest BCUT2D eigenvalue weighted by atomic mass is 35.5. The van der Waals surface area contributed by atoms with Crippen molar-refractivity contribution in [2.75, 3.05) is 6.61 Å². The van der Waals surface area contributed by atoms with E-state index in [-0.39, 0.29) is 13.2 Å². The Morgan fingerprint density at radius 1 is 1.11 bits per heavy atom. The van der Waals surface area contributed by atoms with Crippen LogP contribution in [0.15, 0.2) is 46.9 Å². The zero-order chi connectivity index (χ0) is 19.4. The molecule has 5 nitrogen and oxygen atoms in total. The summed E-state index contributed by atoms with van der Waals surface area (Å²) in [6.07, 6.45) is 0. The lowest BCUT2D eigenvalue weighted by Crippen LogP contribution is -2.16. The minimum Gasteiger partial charge on any atom is -0.481 e. The van der Waals surface area contributed by atoms with Crippen molar-refractivity contribution in [2.45, 2.75) is 27.4 Å². The highest BCUT2D eigenvalue weighted by molar-refractivity contribution is 6.30. The number of rotatable bonds is 6. The monoisotopic (exact) mass is 385 g/mol. The molecule has 0 unspecified atom stereocenters. The third-order valence-electron chi connectivity index (χ3n) is 4.04. The highest BCUT2D eigenvalue weighted by Crippen LogP contribution is 2.27. The molecule has 27 heavy (non-hydrogen) atoms. The Labute approximate surface area is 162 Å². The predicted molar refractivity (Wildman–Crippen MR) is 103 cm³/mol. The smallest absolute Gasteiger partial charge is 0.344 e. The summed E-state index contributed by atoms with van der Waals surface area (Å²) in [6.45, 7) is 5.39. The second kappa shape index (κ2) is 8.27. The van der Waals surface area contributed by atoms with Crippen molar-refractivity contribution in [3.8, 4) is 17.2 Å². The molecule has 3 rings (SSSR count). The van der Waals surface area contributed by atoms with Gasteiger partial charge in [0, 0.05) is 10.6 Å². The van der Waals surface area contributed by atoms with Crippen LogP contribution < -0.4 is 4.74 Å². The van der Waals surface area contributed by atoms with Crippen molar-refractivity contribution in [2.24, 2.45) is 0 Å². The molecule has 0 amide bonds. The fourth-order valence-corrected chi connectivity index (χ4v) is 3.04. The first-order chi connectivity index (χ1) is 12.9. The summed E-state index contributed by atoms with van der Waals surface area (Å²) in [7, 11) is 0. The van der Waals surface area contributed by atoms with Crippen LogP contribution >= 0.6 is 11.6 Å². The van der Waals surface area contributed by atoms with Crippen molar-refractivity contribution >= 4 is 17.6 Å². The number of aryl methyl sites for hydroxylation is 3. The molecule has 0 saturated carbocycles. The normalized spacial score (nSPS) is 10.7. The molecular weight excluding hydrogens is 366 g/mol. The number of hydrogen-bond donors (Lipinski definition) is 0. The summed E-state index contributed by atoms with van der Waals surface area (Å²) in [5.41, 5.74) is 3.19. The minimum atomic E-state index is -0.479. The van der Waals surface area contributed by atoms with Crippen LogP contribution in [0.4, 0.5) is 0 Å². The molecule has 0 spiro atoms. The first kappa shape index (κ1) is 19.0. The summed E-state index contributed by atoms with van der Waals surface area (Å²) in [6, 6.07) is 13.1. The number of carbonyl (C=O) groups is 1. The van der Waals surface area contributed by atoms with E-state index in [4.69, 9.17) is 25.5 Å². The van der Waals surface area contributed by atoms with Crippen molar-refractivity contribution in [3.05, 3.63) is 70.1 Å². The van der Waals surface area contributed by atoms with Gasteiger partial charge in [0.05, 0.1) is 0 Å². The lowest BCUT2D eigenvalue weighted by molar-refractivity contribution is -0.147. The molecule has 1 heterocycles. The van der Waals surface area contributed by atoms with E-state index in [1.165, 1.54) is 0 Å². The van der Waals surface area contributed by atoms with Crippen LogP contribution in [-0.4, -0.2) is 17.6 Å². The van der Waals surface area contributed by atoms with Crippen LogP contribution in [0, 0.1) is 20.8 Å². The summed E-state index contributed by atoms with van der Waals surface area (Å²) in [5.74, 6) is 1.28. The van der Waals surface area contributed by atoms with Gasteiger partial charge in [-0.3, -0.25) is 0 Å². The largest absolute Gasteiger partial charge is 0.481 e. The quantitative estimate of drug-likeness (QED) is 0.556. The second-order valence-electron chi connectivity index (χ2n) is 6.21. The van der Waals surface area contributed by atoms with Crippen molar-refractivity contribution in [1.29, 1.82) is 0 Å². The molecule has 0 aliphatic carbocycles. The maximum atomic E-state index is 12.0. The molecule has 0 fully saturated rings. The van der Waals surface area contributed by atoms with Gasteiger partial charge in [-0.25, -0.2) is 9.78 Å². The third kappa shape index (κ3) is 4.68. The Morgan fingerprint density at radius 3 is 2.44 bits per heavy atom. The number of hydrogen-bond acceptors (Lipinski definition) is 5. The minimum absolute atomic E-state index is 0.0307. The van der Waals surface area contributed by atoms with E-state index >= 15 is 0 Å². The van der Waals surface area contributed by atoms with Gasteiger partial charge in [0.1, 0.15) is 23.8 Å². The van der Waals surface area contributed by atoms with E-state index < -0.39 is 5.97 Å². The third-order valence-corrected chi connectivity index (χ3v) is 4.26. The number of oxazole rings is 1. The van der Waals surface area contributed by atoms with Crippen LogP contribution in [0.25, 0.3) is 11.5 Å². The van der Waals surface area contributed by atoms with Crippen LogP contribution in [0.1, 0.15) is 22.6 Å². The maximum Gasteiger partial charge on any atom is 0.344 e. The molecule has 0 atom stereocenters. The Hall–Kier alpha value is -2.79. The van der Waals surface area contributed by atoms with Gasteiger partial charge in [-0.05, 0) is 56.2 Å². The van der Waals surface area contributed by atoms with E-state index in [9.17, 15) is 4.79 Å². The molecule has 0 aliphatic heterocycles. The second-order valence-corrected chi connectivity index (χ2v) is 6.64. The number of carbonyl (C=O) groups excluding carboxylic acids is 1. The number of esters is 1. The zero-order valence-electron chi connectivity index (χ0n) is 15.4. The fourth-order valence-electron chi connectivity index (χ4n) is 2.71. The predicted octanol–water partition coefficient (Wildman–Crippen LogP) is 5.04. The Morgan fingerprint density at radius 2 is 1.78 bits per heavy atom. The molecule has 3 aromatic rings. The summed E-state index contributed by atoms with van der Waals surface area (Å²) in [4.78, 5) is 16.4. The van der Waals surface area contributed by atoms with Gasteiger partial charge in [-0.15, -0.1) is 0 Å². The molecule has 1 aromatic heterocycles. The van der Waals surface area contributed by atoms with Crippen molar-refractivity contribution in [1.82, 2.24) is 4.98 Å². The van der Waals surface area contributed by atoms with Crippen molar-refractivity contribution < 1.29 is 18.7 Å². The fraction of sp³-hybridized carbons (Fsp3) is 0.238. The summed E-state index contributed by atoms with van der Waals surface area (Å²) in [5, 5.41) is 0.635. The topological polar surface area (TPSA) is 61.6 Å². The van der Waals surface area contributed by atoms with Crippen LogP contribution in [0.5, 0.6) is 5.75 Å². The van der Waals surface area contributed by atoms with E-state index in [0.29, 0.717) is 28.1 Å². The molecule has 0 N–H and O–H groups in total. The van der Waals surface area contributed by atoms with Gasteiger partial charge in [-0.2, -0.15) is 0 Å². The van der Waals surface area contributed by atoms with Crippen LogP contribution in [-0.2, 0) is 16.1 Å². The Bertz CT molecular complexity index is 927. The number of ether oxygens (including phenoxy) is 2. The van der Waals surface area contributed by atoms with Gasteiger partial charge in [0.15, 0.2) is 6.61 Å². The van der Waals surface area contributed by atoms with E-state index in [1.807, 2.05) is 44.2 Å². The average molecular weight is 386 g/mol. The zero-order valence-corrected chi connectivity index (χ0v) is 16.2. The first-order valence-corrected chi connectivity index (χ1v) is 8.88. The standard InChI is InChI=1S/C21H20ClNO4/c1-13-9-17(22)10-14(2)20(13)26-12-19(24)25-11-18-15(3)27-21(23-18)16-7-5-4-6-8-16/h4-10H,11-12H2,1-3H3. The number of halogens is 1. The lowest BCUT2D eigenvalue weighted by Gasteiger charge is -2.12. The molecule has 0 radical (unpaired) electrons. The SMILES string of the molecule is Cc1cc(Cl)cc(C)c1OCC(=O)OCc1nc(-c2ccccc2)oc1C. The van der Waals surface area contributed by atoms with E-state index in [1.54, 1.807) is 19.1 Å². The lowest BCUT2D eigenvalue weighted by atomic mass is 10.1. The maximum absolute atomic E-state index is 12.0.